The van der Waals surface area contributed by atoms with Gasteiger partial charge in [-0.25, -0.2) is 13.8 Å². The number of anilines is 2. The van der Waals surface area contributed by atoms with Crippen molar-refractivity contribution in [2.24, 2.45) is 5.92 Å². The highest BCUT2D eigenvalue weighted by atomic mass is 32.1. The van der Waals surface area contributed by atoms with E-state index in [1.54, 1.807) is 5.38 Å². The van der Waals surface area contributed by atoms with E-state index in [0.29, 0.717) is 28.6 Å². The molecule has 0 aliphatic rings. The number of amides is 3. The van der Waals surface area contributed by atoms with Gasteiger partial charge in [-0.05, 0) is 54.4 Å². The molecule has 0 aliphatic carbocycles. The molecule has 0 fully saturated rings. The van der Waals surface area contributed by atoms with Gasteiger partial charge in [-0.15, -0.1) is 11.3 Å². The second-order valence-corrected chi connectivity index (χ2v) is 8.87. The highest BCUT2D eigenvalue weighted by Crippen LogP contribution is 2.17. The van der Waals surface area contributed by atoms with Crippen LogP contribution in [0.4, 0.5) is 19.6 Å². The van der Waals surface area contributed by atoms with Gasteiger partial charge in [0, 0.05) is 23.2 Å². The summed E-state index contributed by atoms with van der Waals surface area (Å²) >= 11 is 1.16. The fourth-order valence-electron chi connectivity index (χ4n) is 3.12. The lowest BCUT2D eigenvalue weighted by Crippen LogP contribution is -2.40. The molecule has 1 heterocycles. The molecule has 2 aromatic carbocycles. The summed E-state index contributed by atoms with van der Waals surface area (Å²) < 4.78 is 26.2. The van der Waals surface area contributed by atoms with Crippen molar-refractivity contribution in [3.8, 4) is 0 Å². The number of aromatic nitrogens is 1. The highest BCUT2D eigenvalue weighted by molar-refractivity contribution is 7.13. The number of rotatable bonds is 9. The van der Waals surface area contributed by atoms with Gasteiger partial charge in [0.15, 0.2) is 5.13 Å². The van der Waals surface area contributed by atoms with E-state index in [1.165, 1.54) is 53.4 Å². The molecule has 0 bridgehead atoms. The number of carbonyl (C=O) groups excluding carboxylic acids is 3. The van der Waals surface area contributed by atoms with Crippen LogP contribution in [0.5, 0.6) is 0 Å². The third-order valence-electron chi connectivity index (χ3n) is 4.57. The maximum absolute atomic E-state index is 13.2. The third-order valence-corrected chi connectivity index (χ3v) is 5.37. The molecule has 0 unspecified atom stereocenters. The molecule has 178 valence electrons. The van der Waals surface area contributed by atoms with E-state index in [4.69, 9.17) is 0 Å². The summed E-state index contributed by atoms with van der Waals surface area (Å²) in [6, 6.07) is 10.6. The SMILES string of the molecule is CC(C)CN(CC(=O)Nc1nc(CC(=O)Nc2ccc(F)cc2)cs1)C(=O)c1ccc(F)cc1. The molecule has 3 amide bonds. The van der Waals surface area contributed by atoms with E-state index < -0.39 is 17.5 Å². The topological polar surface area (TPSA) is 91.4 Å². The summed E-state index contributed by atoms with van der Waals surface area (Å²) in [5.41, 5.74) is 1.21. The molecule has 1 aromatic heterocycles. The standard InChI is InChI=1S/C24H24F2N4O3S/c1-15(2)12-30(23(33)16-3-5-17(25)6-4-16)13-22(32)29-24-28-20(14-34-24)11-21(31)27-19-9-7-18(26)8-10-19/h3-10,14-15H,11-13H2,1-2H3,(H,27,31)(H,28,29,32). The van der Waals surface area contributed by atoms with Crippen LogP contribution < -0.4 is 10.6 Å². The lowest BCUT2D eigenvalue weighted by Gasteiger charge is -2.24. The quantitative estimate of drug-likeness (QED) is 0.471. The van der Waals surface area contributed by atoms with E-state index in [-0.39, 0.29) is 30.7 Å². The Morgan fingerprint density at radius 1 is 0.941 bits per heavy atom. The fourth-order valence-corrected chi connectivity index (χ4v) is 3.84. The monoisotopic (exact) mass is 486 g/mol. The number of carbonyl (C=O) groups is 3. The molecule has 3 aromatic rings. The first-order valence-corrected chi connectivity index (χ1v) is 11.4. The van der Waals surface area contributed by atoms with Gasteiger partial charge in [-0.2, -0.15) is 0 Å². The number of nitrogens with zero attached hydrogens (tertiary/aromatic N) is 2. The van der Waals surface area contributed by atoms with Crippen molar-refractivity contribution in [1.29, 1.82) is 0 Å². The predicted octanol–water partition coefficient (Wildman–Crippen LogP) is 4.34. The Hall–Kier alpha value is -3.66. The second-order valence-electron chi connectivity index (χ2n) is 8.01. The number of hydrogen-bond donors (Lipinski definition) is 2. The lowest BCUT2D eigenvalue weighted by atomic mass is 10.1. The van der Waals surface area contributed by atoms with Crippen LogP contribution in [0.1, 0.15) is 29.9 Å². The molecule has 0 radical (unpaired) electrons. The summed E-state index contributed by atoms with van der Waals surface area (Å²) in [6.07, 6.45) is -0.0216. The Labute approximate surface area is 199 Å². The largest absolute Gasteiger partial charge is 0.329 e. The smallest absolute Gasteiger partial charge is 0.254 e. The first-order valence-electron chi connectivity index (χ1n) is 10.5. The van der Waals surface area contributed by atoms with E-state index >= 15 is 0 Å². The van der Waals surface area contributed by atoms with Crippen LogP contribution in [-0.4, -0.2) is 40.7 Å². The molecule has 0 saturated heterocycles. The first-order chi connectivity index (χ1) is 16.2. The number of benzene rings is 2. The number of halogens is 2. The lowest BCUT2D eigenvalue weighted by molar-refractivity contribution is -0.117. The maximum Gasteiger partial charge on any atom is 0.254 e. The Balaban J connectivity index is 1.57. The average molecular weight is 487 g/mol. The van der Waals surface area contributed by atoms with E-state index in [2.05, 4.69) is 15.6 Å². The van der Waals surface area contributed by atoms with Crippen LogP contribution in [0.25, 0.3) is 0 Å². The Morgan fingerprint density at radius 3 is 2.18 bits per heavy atom. The Kier molecular flexibility index (Phi) is 8.42. The van der Waals surface area contributed by atoms with Gasteiger partial charge in [-0.3, -0.25) is 14.4 Å². The zero-order chi connectivity index (χ0) is 24.7. The Bertz CT molecular complexity index is 1150. The predicted molar refractivity (Wildman–Crippen MR) is 127 cm³/mol. The molecule has 2 N–H and O–H groups in total. The first kappa shape index (κ1) is 25.0. The van der Waals surface area contributed by atoms with Gasteiger partial charge < -0.3 is 15.5 Å². The molecule has 0 spiro atoms. The third kappa shape index (κ3) is 7.45. The van der Waals surface area contributed by atoms with Crippen LogP contribution in [0.15, 0.2) is 53.9 Å². The van der Waals surface area contributed by atoms with Crippen molar-refractivity contribution in [1.82, 2.24) is 9.88 Å². The van der Waals surface area contributed by atoms with Gasteiger partial charge >= 0.3 is 0 Å². The zero-order valence-electron chi connectivity index (χ0n) is 18.7. The van der Waals surface area contributed by atoms with Gasteiger partial charge in [0.2, 0.25) is 11.8 Å². The molecule has 0 aliphatic heterocycles. The Morgan fingerprint density at radius 2 is 1.56 bits per heavy atom. The van der Waals surface area contributed by atoms with E-state index in [9.17, 15) is 23.2 Å². The molecular weight excluding hydrogens is 462 g/mol. The molecule has 3 rings (SSSR count). The van der Waals surface area contributed by atoms with Crippen LogP contribution in [0.3, 0.4) is 0 Å². The van der Waals surface area contributed by atoms with Gasteiger partial charge in [0.25, 0.3) is 5.91 Å². The molecule has 0 saturated carbocycles. The highest BCUT2D eigenvalue weighted by Gasteiger charge is 2.21. The van der Waals surface area contributed by atoms with Crippen molar-refractivity contribution < 1.29 is 23.2 Å². The summed E-state index contributed by atoms with van der Waals surface area (Å²) in [5, 5.41) is 7.25. The molecule has 10 heteroatoms. The minimum absolute atomic E-state index is 0.0216. The molecule has 0 atom stereocenters. The van der Waals surface area contributed by atoms with Crippen LogP contribution in [0, 0.1) is 17.6 Å². The number of nitrogens with one attached hydrogen (secondary N) is 2. The average Bonchev–Trinajstić information content (AvgIpc) is 3.21. The minimum Gasteiger partial charge on any atom is -0.329 e. The summed E-state index contributed by atoms with van der Waals surface area (Å²) in [4.78, 5) is 43.2. The molecule has 34 heavy (non-hydrogen) atoms. The van der Waals surface area contributed by atoms with Crippen molar-refractivity contribution in [2.75, 3.05) is 23.7 Å². The van der Waals surface area contributed by atoms with Crippen LogP contribution >= 0.6 is 11.3 Å². The van der Waals surface area contributed by atoms with Crippen molar-refractivity contribution >= 4 is 39.9 Å². The molecule has 7 nitrogen and oxygen atoms in total. The van der Waals surface area contributed by atoms with Crippen LogP contribution in [-0.2, 0) is 16.0 Å². The van der Waals surface area contributed by atoms with Gasteiger partial charge in [0.05, 0.1) is 12.1 Å². The summed E-state index contributed by atoms with van der Waals surface area (Å²) in [7, 11) is 0. The fraction of sp³-hybridized carbons (Fsp3) is 0.250. The summed E-state index contributed by atoms with van der Waals surface area (Å²) in [5.74, 6) is -1.88. The molecular formula is C24H24F2N4O3S. The van der Waals surface area contributed by atoms with Crippen molar-refractivity contribution in [2.45, 2.75) is 20.3 Å². The second kappa shape index (κ2) is 11.5. The minimum atomic E-state index is -0.448. The number of thiazole rings is 1. The van der Waals surface area contributed by atoms with Gasteiger partial charge in [-0.1, -0.05) is 13.8 Å². The summed E-state index contributed by atoms with van der Waals surface area (Å²) in [6.45, 7) is 3.99. The van der Waals surface area contributed by atoms with Gasteiger partial charge in [0.1, 0.15) is 18.2 Å². The normalized spacial score (nSPS) is 10.7. The zero-order valence-corrected chi connectivity index (χ0v) is 19.5. The maximum atomic E-state index is 13.2. The van der Waals surface area contributed by atoms with E-state index in [0.717, 1.165) is 11.3 Å². The van der Waals surface area contributed by atoms with E-state index in [1.807, 2.05) is 13.8 Å². The number of hydrogen-bond acceptors (Lipinski definition) is 5. The van der Waals surface area contributed by atoms with Crippen molar-refractivity contribution in [3.63, 3.8) is 0 Å². The van der Waals surface area contributed by atoms with Crippen molar-refractivity contribution in [3.05, 3.63) is 76.8 Å². The van der Waals surface area contributed by atoms with Crippen LogP contribution in [0.2, 0.25) is 0 Å².